The number of carbonyl (C=O) groups is 1. The number of hydrogen-bond donors (Lipinski definition) is 1. The Hall–Kier alpha value is -2.34. The van der Waals surface area contributed by atoms with E-state index < -0.39 is 11.7 Å². The summed E-state index contributed by atoms with van der Waals surface area (Å²) in [6.07, 6.45) is 2.24. The van der Waals surface area contributed by atoms with Gasteiger partial charge in [-0.05, 0) is 51.8 Å². The van der Waals surface area contributed by atoms with Gasteiger partial charge in [0.1, 0.15) is 7.85 Å². The van der Waals surface area contributed by atoms with Gasteiger partial charge in [0.05, 0.1) is 18.7 Å². The summed E-state index contributed by atoms with van der Waals surface area (Å²) < 4.78 is 19.8. The molecule has 0 saturated carbocycles. The zero-order valence-corrected chi connectivity index (χ0v) is 17.5. The van der Waals surface area contributed by atoms with Gasteiger partial charge in [0.25, 0.3) is 5.91 Å². The Balaban J connectivity index is 2.00. The molecule has 0 aliphatic carbocycles. The van der Waals surface area contributed by atoms with Crippen molar-refractivity contribution in [2.24, 2.45) is 0 Å². The lowest BCUT2D eigenvalue weighted by molar-refractivity contribution is 0.0631. The number of nitrogens with zero attached hydrogens (tertiary/aromatic N) is 1. The minimum absolute atomic E-state index is 0.00645. The predicted molar refractivity (Wildman–Crippen MR) is 114 cm³/mol. The standard InChI is InChI=1S/C23H28BFN2O2/c1-15-9-8-14-27(15)23(2,3)21(16-10-6-5-7-11-16)26-22(28)19-17(24)12-13-18(29-4)20(19)25/h5-7,10-13,15,21H,8-9,14H2,1-4H3,(H,26,28). The second-order valence-corrected chi connectivity index (χ2v) is 8.20. The average molecular weight is 394 g/mol. The molecule has 3 rings (SSSR count). The van der Waals surface area contributed by atoms with Crippen molar-refractivity contribution in [2.75, 3.05) is 13.7 Å². The van der Waals surface area contributed by atoms with Crippen LogP contribution in [0.5, 0.6) is 5.75 Å². The third-order valence-electron chi connectivity index (χ3n) is 5.99. The number of carbonyl (C=O) groups excluding carboxylic acids is 1. The summed E-state index contributed by atoms with van der Waals surface area (Å²) in [4.78, 5) is 15.6. The van der Waals surface area contributed by atoms with Gasteiger partial charge in [-0.2, -0.15) is 0 Å². The number of methoxy groups -OCH3 is 1. The van der Waals surface area contributed by atoms with Gasteiger partial charge < -0.3 is 10.1 Å². The van der Waals surface area contributed by atoms with E-state index >= 15 is 0 Å². The van der Waals surface area contributed by atoms with E-state index in [0.717, 1.165) is 24.9 Å². The fourth-order valence-electron chi connectivity index (χ4n) is 4.43. The Morgan fingerprint density at radius 2 is 1.97 bits per heavy atom. The second kappa shape index (κ2) is 8.58. The third-order valence-corrected chi connectivity index (χ3v) is 5.99. The lowest BCUT2D eigenvalue weighted by Crippen LogP contribution is -2.55. The van der Waals surface area contributed by atoms with Crippen LogP contribution < -0.4 is 15.5 Å². The van der Waals surface area contributed by atoms with Crippen LogP contribution in [-0.2, 0) is 0 Å². The number of rotatable bonds is 6. The van der Waals surface area contributed by atoms with Crippen LogP contribution in [-0.4, -0.2) is 43.9 Å². The van der Waals surface area contributed by atoms with Crippen LogP contribution >= 0.6 is 0 Å². The molecule has 1 heterocycles. The van der Waals surface area contributed by atoms with Crippen molar-refractivity contribution in [1.82, 2.24) is 10.2 Å². The molecule has 1 amide bonds. The fourth-order valence-corrected chi connectivity index (χ4v) is 4.43. The van der Waals surface area contributed by atoms with Crippen molar-refractivity contribution >= 4 is 19.2 Å². The lowest BCUT2D eigenvalue weighted by atomic mass is 9.85. The zero-order valence-electron chi connectivity index (χ0n) is 17.5. The molecule has 2 aromatic carbocycles. The molecule has 4 nitrogen and oxygen atoms in total. The van der Waals surface area contributed by atoms with Crippen LogP contribution in [0.4, 0.5) is 4.39 Å². The van der Waals surface area contributed by atoms with Crippen LogP contribution in [0.1, 0.15) is 55.6 Å². The highest BCUT2D eigenvalue weighted by Crippen LogP contribution is 2.36. The molecule has 2 aromatic rings. The van der Waals surface area contributed by atoms with E-state index in [0.29, 0.717) is 6.04 Å². The van der Waals surface area contributed by atoms with Gasteiger partial charge in [-0.3, -0.25) is 9.69 Å². The Bertz CT molecular complexity index is 873. The molecule has 29 heavy (non-hydrogen) atoms. The SMILES string of the molecule is [B]c1ccc(OC)c(F)c1C(=O)NC(c1ccccc1)C(C)(C)N1CCCC1C. The molecule has 6 heteroatoms. The van der Waals surface area contributed by atoms with Crippen molar-refractivity contribution in [3.63, 3.8) is 0 Å². The summed E-state index contributed by atoms with van der Waals surface area (Å²) >= 11 is 0. The highest BCUT2D eigenvalue weighted by atomic mass is 19.1. The Kier molecular flexibility index (Phi) is 6.32. The average Bonchev–Trinajstić information content (AvgIpc) is 3.13. The number of hydrogen-bond acceptors (Lipinski definition) is 3. The normalized spacial score (nSPS) is 18.4. The van der Waals surface area contributed by atoms with Gasteiger partial charge in [0, 0.05) is 11.6 Å². The van der Waals surface area contributed by atoms with Gasteiger partial charge in [0.2, 0.25) is 0 Å². The first-order valence-electron chi connectivity index (χ1n) is 10.0. The topological polar surface area (TPSA) is 41.6 Å². The molecule has 2 unspecified atom stereocenters. The van der Waals surface area contributed by atoms with Crippen LogP contribution in [0.15, 0.2) is 42.5 Å². The maximum Gasteiger partial charge on any atom is 0.254 e. The lowest BCUT2D eigenvalue weighted by Gasteiger charge is -2.45. The quantitative estimate of drug-likeness (QED) is 0.764. The molecule has 0 spiro atoms. The molecule has 0 bridgehead atoms. The maximum atomic E-state index is 14.8. The Labute approximate surface area is 173 Å². The molecule has 1 aliphatic rings. The molecule has 1 aliphatic heterocycles. The molecular weight excluding hydrogens is 366 g/mol. The zero-order chi connectivity index (χ0) is 21.2. The van der Waals surface area contributed by atoms with Crippen LogP contribution in [0.2, 0.25) is 0 Å². The highest BCUT2D eigenvalue weighted by molar-refractivity contribution is 6.36. The first-order valence-corrected chi connectivity index (χ1v) is 10.0. The van der Waals surface area contributed by atoms with E-state index in [1.54, 1.807) is 0 Å². The summed E-state index contributed by atoms with van der Waals surface area (Å²) in [6.45, 7) is 7.41. The van der Waals surface area contributed by atoms with E-state index in [1.165, 1.54) is 19.2 Å². The molecule has 2 atom stereocenters. The van der Waals surface area contributed by atoms with Crippen molar-refractivity contribution in [1.29, 1.82) is 0 Å². The molecular formula is C23H28BFN2O2. The minimum Gasteiger partial charge on any atom is -0.494 e. The van der Waals surface area contributed by atoms with Gasteiger partial charge in [-0.15, -0.1) is 0 Å². The van der Waals surface area contributed by atoms with Crippen LogP contribution in [0.25, 0.3) is 0 Å². The summed E-state index contributed by atoms with van der Waals surface area (Å²) in [7, 11) is 7.31. The van der Waals surface area contributed by atoms with E-state index in [9.17, 15) is 9.18 Å². The summed E-state index contributed by atoms with van der Waals surface area (Å²) in [5, 5.41) is 3.06. The number of ether oxygens (including phenoxy) is 1. The fraction of sp³-hybridized carbons (Fsp3) is 0.435. The summed E-state index contributed by atoms with van der Waals surface area (Å²) in [5.74, 6) is -1.30. The largest absolute Gasteiger partial charge is 0.494 e. The van der Waals surface area contributed by atoms with E-state index in [-0.39, 0.29) is 28.4 Å². The van der Waals surface area contributed by atoms with Crippen molar-refractivity contribution < 1.29 is 13.9 Å². The molecule has 1 fully saturated rings. The van der Waals surface area contributed by atoms with E-state index in [4.69, 9.17) is 12.6 Å². The van der Waals surface area contributed by atoms with Gasteiger partial charge in [-0.1, -0.05) is 41.9 Å². The van der Waals surface area contributed by atoms with Gasteiger partial charge in [0.15, 0.2) is 11.6 Å². The summed E-state index contributed by atoms with van der Waals surface area (Å²) in [6, 6.07) is 12.8. The van der Waals surface area contributed by atoms with Crippen molar-refractivity contribution in [3.8, 4) is 5.75 Å². The number of nitrogens with one attached hydrogen (secondary N) is 1. The predicted octanol–water partition coefficient (Wildman–Crippen LogP) is 3.36. The second-order valence-electron chi connectivity index (χ2n) is 8.20. The highest BCUT2D eigenvalue weighted by Gasteiger charge is 2.41. The van der Waals surface area contributed by atoms with E-state index in [2.05, 4.69) is 31.0 Å². The molecule has 2 radical (unpaired) electrons. The maximum absolute atomic E-state index is 14.8. The Morgan fingerprint density at radius 1 is 1.28 bits per heavy atom. The van der Waals surface area contributed by atoms with Crippen molar-refractivity contribution in [2.45, 2.75) is 51.2 Å². The molecule has 1 saturated heterocycles. The minimum atomic E-state index is -0.746. The number of likely N-dealkylation sites (tertiary alicyclic amines) is 1. The van der Waals surface area contributed by atoms with Gasteiger partial charge in [-0.25, -0.2) is 4.39 Å². The molecule has 1 N–H and O–H groups in total. The first kappa shape index (κ1) is 21.4. The molecule has 0 aromatic heterocycles. The molecule has 152 valence electrons. The first-order chi connectivity index (χ1) is 13.8. The number of halogens is 1. The van der Waals surface area contributed by atoms with Gasteiger partial charge >= 0.3 is 0 Å². The number of benzene rings is 2. The third kappa shape index (κ3) is 4.18. The van der Waals surface area contributed by atoms with E-state index in [1.807, 2.05) is 30.3 Å². The van der Waals surface area contributed by atoms with Crippen LogP contribution in [0.3, 0.4) is 0 Å². The number of amides is 1. The van der Waals surface area contributed by atoms with Crippen molar-refractivity contribution in [3.05, 3.63) is 59.4 Å². The smallest absolute Gasteiger partial charge is 0.254 e. The van der Waals surface area contributed by atoms with Crippen LogP contribution in [0, 0.1) is 5.82 Å². The summed E-state index contributed by atoms with van der Waals surface area (Å²) in [5.41, 5.74) is 0.485. The Morgan fingerprint density at radius 3 is 2.55 bits per heavy atom. The monoisotopic (exact) mass is 394 g/mol.